The van der Waals surface area contributed by atoms with E-state index in [0.29, 0.717) is 18.6 Å². The van der Waals surface area contributed by atoms with Gasteiger partial charge in [0, 0.05) is 6.04 Å². The minimum Gasteiger partial charge on any atom is -0.424 e. The minimum atomic E-state index is 0.480. The fraction of sp³-hybridized carbons (Fsp3) is 0.368. The average Bonchev–Trinajstić information content (AvgIpc) is 3.26. The monoisotopic (exact) mass is 348 g/mol. The minimum absolute atomic E-state index is 0.480. The lowest BCUT2D eigenvalue weighted by atomic mass is 9.96. The van der Waals surface area contributed by atoms with E-state index in [-0.39, 0.29) is 0 Å². The number of anilines is 1. The van der Waals surface area contributed by atoms with Gasteiger partial charge in [0.25, 0.3) is 6.01 Å². The maximum absolute atomic E-state index is 5.95. The molecule has 0 saturated heterocycles. The van der Waals surface area contributed by atoms with Crippen molar-refractivity contribution in [1.29, 1.82) is 0 Å². The van der Waals surface area contributed by atoms with E-state index in [1.807, 2.05) is 16.7 Å². The van der Waals surface area contributed by atoms with Crippen molar-refractivity contribution >= 4 is 28.3 Å². The van der Waals surface area contributed by atoms with Gasteiger partial charge in [-0.1, -0.05) is 25.3 Å². The maximum atomic E-state index is 5.95. The average molecular weight is 348 g/mol. The zero-order chi connectivity index (χ0) is 17.3. The van der Waals surface area contributed by atoms with Gasteiger partial charge in [0.1, 0.15) is 17.4 Å². The summed E-state index contributed by atoms with van der Waals surface area (Å²) in [7, 11) is 0. The van der Waals surface area contributed by atoms with Gasteiger partial charge in [-0.15, -0.1) is 0 Å². The molecule has 1 saturated carbocycles. The van der Waals surface area contributed by atoms with Crippen LogP contribution >= 0.6 is 0 Å². The number of hydrogen-bond acceptors (Lipinski definition) is 6. The molecule has 1 fully saturated rings. The number of benzene rings is 1. The Hall–Kier alpha value is -2.96. The molecule has 132 valence electrons. The molecular weight excluding hydrogens is 328 g/mol. The number of nitrogens with one attached hydrogen (secondary N) is 1. The van der Waals surface area contributed by atoms with Crippen molar-refractivity contribution in [2.24, 2.45) is 0 Å². The summed E-state index contributed by atoms with van der Waals surface area (Å²) in [5.74, 6) is 0. The van der Waals surface area contributed by atoms with Crippen molar-refractivity contribution in [3.05, 3.63) is 42.6 Å². The van der Waals surface area contributed by atoms with Crippen LogP contribution in [0.15, 0.2) is 41.5 Å². The number of aromatic nitrogens is 5. The first-order valence-electron chi connectivity index (χ1n) is 9.12. The molecule has 1 aliphatic carbocycles. The van der Waals surface area contributed by atoms with E-state index in [9.17, 15) is 0 Å². The summed E-state index contributed by atoms with van der Waals surface area (Å²) in [5.41, 5.74) is 4.44. The Morgan fingerprint density at radius 1 is 1.12 bits per heavy atom. The molecule has 5 rings (SSSR count). The van der Waals surface area contributed by atoms with Crippen molar-refractivity contribution in [3.8, 4) is 0 Å². The van der Waals surface area contributed by atoms with Crippen LogP contribution in [0, 0.1) is 0 Å². The zero-order valence-electron chi connectivity index (χ0n) is 14.4. The molecule has 0 bridgehead atoms. The molecular formula is C19H20N6O. The molecule has 0 spiro atoms. The fourth-order valence-electron chi connectivity index (χ4n) is 3.68. The van der Waals surface area contributed by atoms with Gasteiger partial charge in [-0.05, 0) is 30.5 Å². The van der Waals surface area contributed by atoms with E-state index in [1.165, 1.54) is 32.1 Å². The van der Waals surface area contributed by atoms with Crippen LogP contribution in [0.1, 0.15) is 37.7 Å². The standard InChI is InChI=1S/C19H20N6O/c1-2-4-14(5-3-1)23-19-24-15-7-6-13(8-17(15)26-19)10-25-12-22-16-9-20-11-21-18(16)25/h6-9,11-12,14H,1-5,10H2,(H,23,24). The van der Waals surface area contributed by atoms with E-state index in [1.54, 1.807) is 18.9 Å². The number of hydrogen-bond donors (Lipinski definition) is 1. The summed E-state index contributed by atoms with van der Waals surface area (Å²) in [6, 6.07) is 7.23. The molecule has 0 radical (unpaired) electrons. The molecule has 0 atom stereocenters. The summed E-state index contributed by atoms with van der Waals surface area (Å²) < 4.78 is 7.96. The van der Waals surface area contributed by atoms with Crippen molar-refractivity contribution in [3.63, 3.8) is 0 Å². The summed E-state index contributed by atoms with van der Waals surface area (Å²) in [5, 5.41) is 3.45. The molecule has 0 aliphatic heterocycles. The van der Waals surface area contributed by atoms with Gasteiger partial charge in [-0.25, -0.2) is 15.0 Å². The first-order chi connectivity index (χ1) is 12.8. The number of nitrogens with zero attached hydrogens (tertiary/aromatic N) is 5. The van der Waals surface area contributed by atoms with Gasteiger partial charge in [-0.2, -0.15) is 4.98 Å². The third-order valence-corrected chi connectivity index (χ3v) is 5.02. The Morgan fingerprint density at radius 2 is 2.04 bits per heavy atom. The quantitative estimate of drug-likeness (QED) is 0.605. The second kappa shape index (κ2) is 6.40. The highest BCUT2D eigenvalue weighted by Crippen LogP contribution is 2.25. The topological polar surface area (TPSA) is 81.7 Å². The Labute approximate surface area is 150 Å². The predicted molar refractivity (Wildman–Crippen MR) is 98.9 cm³/mol. The van der Waals surface area contributed by atoms with Crippen LogP contribution in [0.3, 0.4) is 0 Å². The summed E-state index contributed by atoms with van der Waals surface area (Å²) in [6.45, 7) is 0.676. The lowest BCUT2D eigenvalue weighted by Gasteiger charge is -2.21. The molecule has 4 aromatic rings. The van der Waals surface area contributed by atoms with Crippen LogP contribution in [0.2, 0.25) is 0 Å². The van der Waals surface area contributed by atoms with Crippen LogP contribution in [0.25, 0.3) is 22.3 Å². The highest BCUT2D eigenvalue weighted by atomic mass is 16.4. The zero-order valence-corrected chi connectivity index (χ0v) is 14.4. The van der Waals surface area contributed by atoms with Gasteiger partial charge >= 0.3 is 0 Å². The van der Waals surface area contributed by atoms with Crippen molar-refractivity contribution in [1.82, 2.24) is 24.5 Å². The van der Waals surface area contributed by atoms with Crippen LogP contribution in [0.4, 0.5) is 6.01 Å². The Balaban J connectivity index is 1.39. The van der Waals surface area contributed by atoms with E-state index in [0.717, 1.165) is 27.8 Å². The second-order valence-corrected chi connectivity index (χ2v) is 6.90. The molecule has 3 heterocycles. The smallest absolute Gasteiger partial charge is 0.295 e. The molecule has 0 amide bonds. The number of fused-ring (bicyclic) bond motifs is 2. The maximum Gasteiger partial charge on any atom is 0.295 e. The van der Waals surface area contributed by atoms with Crippen LogP contribution in [-0.4, -0.2) is 30.5 Å². The fourth-order valence-corrected chi connectivity index (χ4v) is 3.68. The highest BCUT2D eigenvalue weighted by molar-refractivity contribution is 5.75. The number of oxazole rings is 1. The van der Waals surface area contributed by atoms with Crippen molar-refractivity contribution in [2.45, 2.75) is 44.7 Å². The van der Waals surface area contributed by atoms with Crippen LogP contribution in [-0.2, 0) is 6.54 Å². The van der Waals surface area contributed by atoms with Crippen LogP contribution < -0.4 is 5.32 Å². The Bertz CT molecular complexity index is 1050. The SMILES string of the molecule is c1ncc2ncn(Cc3ccc4nc(NC5CCCCC5)oc4c3)c2n1. The van der Waals surface area contributed by atoms with Crippen LogP contribution in [0.5, 0.6) is 0 Å². The van der Waals surface area contributed by atoms with Gasteiger partial charge < -0.3 is 14.3 Å². The normalized spacial score (nSPS) is 15.7. The van der Waals surface area contributed by atoms with E-state index < -0.39 is 0 Å². The Morgan fingerprint density at radius 3 is 2.96 bits per heavy atom. The number of imidazole rings is 1. The summed E-state index contributed by atoms with van der Waals surface area (Å²) in [4.78, 5) is 17.2. The molecule has 1 N–H and O–H groups in total. The largest absolute Gasteiger partial charge is 0.424 e. The lowest BCUT2D eigenvalue weighted by Crippen LogP contribution is -2.22. The van der Waals surface area contributed by atoms with E-state index in [4.69, 9.17) is 4.42 Å². The lowest BCUT2D eigenvalue weighted by molar-refractivity contribution is 0.451. The third kappa shape index (κ3) is 2.89. The van der Waals surface area contributed by atoms with Gasteiger partial charge in [0.15, 0.2) is 11.2 Å². The molecule has 0 unspecified atom stereocenters. The summed E-state index contributed by atoms with van der Waals surface area (Å²) >= 11 is 0. The number of rotatable bonds is 4. The third-order valence-electron chi connectivity index (χ3n) is 5.02. The van der Waals surface area contributed by atoms with Gasteiger partial charge in [-0.3, -0.25) is 0 Å². The van der Waals surface area contributed by atoms with Crippen molar-refractivity contribution in [2.75, 3.05) is 5.32 Å². The highest BCUT2D eigenvalue weighted by Gasteiger charge is 2.16. The first-order valence-corrected chi connectivity index (χ1v) is 9.12. The predicted octanol–water partition coefficient (Wildman–Crippen LogP) is 3.76. The second-order valence-electron chi connectivity index (χ2n) is 6.90. The molecule has 26 heavy (non-hydrogen) atoms. The van der Waals surface area contributed by atoms with Crippen molar-refractivity contribution < 1.29 is 4.42 Å². The van der Waals surface area contributed by atoms with Gasteiger partial charge in [0.05, 0.1) is 19.1 Å². The molecule has 1 aliphatic rings. The molecule has 7 heteroatoms. The molecule has 1 aromatic carbocycles. The van der Waals surface area contributed by atoms with E-state index in [2.05, 4.69) is 31.3 Å². The molecule has 7 nitrogen and oxygen atoms in total. The molecule has 3 aromatic heterocycles. The Kier molecular flexibility index (Phi) is 3.77. The van der Waals surface area contributed by atoms with Gasteiger partial charge in [0.2, 0.25) is 0 Å². The summed E-state index contributed by atoms with van der Waals surface area (Å²) in [6.07, 6.45) is 11.3. The van der Waals surface area contributed by atoms with E-state index >= 15 is 0 Å². The first kappa shape index (κ1) is 15.3.